The third-order valence-electron chi connectivity index (χ3n) is 5.67. The van der Waals surface area contributed by atoms with Crippen LogP contribution < -0.4 is 10.6 Å². The second-order valence-corrected chi connectivity index (χ2v) is 7.72. The van der Waals surface area contributed by atoms with Gasteiger partial charge >= 0.3 is 0 Å². The number of hydrogen-bond donors (Lipinski definition) is 2. The van der Waals surface area contributed by atoms with E-state index in [4.69, 9.17) is 0 Å². The molecule has 2 aliphatic heterocycles. The standard InChI is InChI=1S/C22H27FN4O.2ClH/c1-26-10-12-27(13-11-26)15-16-2-4-17(5-3-16)22(28)25-20-7-6-18-14-24-9-8-19(18)21(20)23;;/h2-7,24H,8-15H2,1H3,(H,25,28);2*1H. The van der Waals surface area contributed by atoms with Gasteiger partial charge in [-0.05, 0) is 54.9 Å². The van der Waals surface area contributed by atoms with E-state index in [1.54, 1.807) is 6.07 Å². The first-order valence-electron chi connectivity index (χ1n) is 9.92. The number of amides is 1. The highest BCUT2D eigenvalue weighted by atomic mass is 35.5. The van der Waals surface area contributed by atoms with Gasteiger partial charge in [0.2, 0.25) is 0 Å². The van der Waals surface area contributed by atoms with Crippen molar-refractivity contribution in [2.45, 2.75) is 19.5 Å². The van der Waals surface area contributed by atoms with E-state index in [-0.39, 0.29) is 42.2 Å². The van der Waals surface area contributed by atoms with Gasteiger partial charge < -0.3 is 15.5 Å². The minimum absolute atomic E-state index is 0. The van der Waals surface area contributed by atoms with Gasteiger partial charge in [0.25, 0.3) is 5.91 Å². The first kappa shape index (κ1) is 24.6. The molecule has 2 heterocycles. The van der Waals surface area contributed by atoms with Crippen LogP contribution in [-0.2, 0) is 19.5 Å². The third kappa shape index (κ3) is 5.71. The van der Waals surface area contributed by atoms with Crippen LogP contribution in [0.25, 0.3) is 0 Å². The molecule has 0 spiro atoms. The summed E-state index contributed by atoms with van der Waals surface area (Å²) < 4.78 is 14.7. The van der Waals surface area contributed by atoms with E-state index >= 15 is 0 Å². The van der Waals surface area contributed by atoms with Crippen molar-refractivity contribution in [2.75, 3.05) is 45.1 Å². The third-order valence-corrected chi connectivity index (χ3v) is 5.67. The van der Waals surface area contributed by atoms with Gasteiger partial charge in [0.05, 0.1) is 5.69 Å². The number of likely N-dealkylation sites (N-methyl/N-ethyl adjacent to an activating group) is 1. The van der Waals surface area contributed by atoms with Crippen molar-refractivity contribution in [1.82, 2.24) is 15.1 Å². The Balaban J connectivity index is 0.00000160. The zero-order chi connectivity index (χ0) is 19.5. The Morgan fingerprint density at radius 1 is 1.07 bits per heavy atom. The number of carbonyl (C=O) groups excluding carboxylic acids is 1. The first-order valence-corrected chi connectivity index (χ1v) is 9.92. The molecule has 0 aromatic heterocycles. The minimum atomic E-state index is -0.306. The summed E-state index contributed by atoms with van der Waals surface area (Å²) in [4.78, 5) is 17.3. The monoisotopic (exact) mass is 454 g/mol. The number of carbonyl (C=O) groups is 1. The fraction of sp³-hybridized carbons (Fsp3) is 0.409. The predicted octanol–water partition coefficient (Wildman–Crippen LogP) is 3.31. The summed E-state index contributed by atoms with van der Waals surface area (Å²) in [5.41, 5.74) is 3.66. The number of halogens is 3. The van der Waals surface area contributed by atoms with E-state index in [0.29, 0.717) is 24.1 Å². The molecule has 1 saturated heterocycles. The molecule has 2 aromatic rings. The summed E-state index contributed by atoms with van der Waals surface area (Å²) in [5, 5.41) is 5.96. The van der Waals surface area contributed by atoms with Crippen LogP contribution in [0.15, 0.2) is 36.4 Å². The fourth-order valence-electron chi connectivity index (χ4n) is 3.85. The Morgan fingerprint density at radius 3 is 2.47 bits per heavy atom. The van der Waals surface area contributed by atoms with Gasteiger partial charge in [0.1, 0.15) is 5.82 Å². The molecular formula is C22H29Cl2FN4O. The Hall–Kier alpha value is -1.70. The summed E-state index contributed by atoms with van der Waals surface area (Å²) in [6, 6.07) is 11.2. The van der Waals surface area contributed by atoms with Crippen LogP contribution in [-0.4, -0.2) is 55.5 Å². The molecule has 0 saturated carbocycles. The summed E-state index contributed by atoms with van der Waals surface area (Å²) in [5.74, 6) is -0.585. The molecular weight excluding hydrogens is 426 g/mol. The molecule has 5 nitrogen and oxygen atoms in total. The Bertz CT molecular complexity index is 855. The number of nitrogens with one attached hydrogen (secondary N) is 2. The quantitative estimate of drug-likeness (QED) is 0.743. The van der Waals surface area contributed by atoms with E-state index in [2.05, 4.69) is 27.5 Å². The molecule has 2 aromatic carbocycles. The molecule has 1 amide bonds. The highest BCUT2D eigenvalue weighted by Gasteiger charge is 2.18. The molecule has 2 N–H and O–H groups in total. The maximum atomic E-state index is 14.7. The van der Waals surface area contributed by atoms with Crippen LogP contribution in [0.1, 0.15) is 27.0 Å². The lowest BCUT2D eigenvalue weighted by Crippen LogP contribution is -2.43. The zero-order valence-electron chi connectivity index (χ0n) is 17.1. The number of anilines is 1. The normalized spacial score (nSPS) is 16.7. The van der Waals surface area contributed by atoms with Crippen molar-refractivity contribution < 1.29 is 9.18 Å². The molecule has 2 aliphatic rings. The van der Waals surface area contributed by atoms with Crippen LogP contribution in [0.3, 0.4) is 0 Å². The lowest BCUT2D eigenvalue weighted by atomic mass is 9.99. The lowest BCUT2D eigenvalue weighted by molar-refractivity contribution is 0.102. The molecule has 8 heteroatoms. The summed E-state index contributed by atoms with van der Waals surface area (Å²) >= 11 is 0. The van der Waals surface area contributed by atoms with Crippen LogP contribution in [0.2, 0.25) is 0 Å². The molecule has 0 aliphatic carbocycles. The summed E-state index contributed by atoms with van der Waals surface area (Å²) in [6.45, 7) is 6.62. The van der Waals surface area contributed by atoms with Gasteiger partial charge in [-0.2, -0.15) is 0 Å². The van der Waals surface area contributed by atoms with Crippen molar-refractivity contribution in [1.29, 1.82) is 0 Å². The van der Waals surface area contributed by atoms with E-state index in [1.807, 2.05) is 30.3 Å². The van der Waals surface area contributed by atoms with Gasteiger partial charge in [0.15, 0.2) is 0 Å². The topological polar surface area (TPSA) is 47.6 Å². The molecule has 4 rings (SSSR count). The van der Waals surface area contributed by atoms with Crippen molar-refractivity contribution in [2.24, 2.45) is 0 Å². The lowest BCUT2D eigenvalue weighted by Gasteiger charge is -2.32. The predicted molar refractivity (Wildman–Crippen MR) is 123 cm³/mol. The molecule has 0 bridgehead atoms. The maximum Gasteiger partial charge on any atom is 0.255 e. The Labute approximate surface area is 189 Å². The van der Waals surface area contributed by atoms with E-state index < -0.39 is 0 Å². The number of benzene rings is 2. The number of piperazine rings is 1. The largest absolute Gasteiger partial charge is 0.319 e. The molecule has 30 heavy (non-hydrogen) atoms. The van der Waals surface area contributed by atoms with Crippen LogP contribution in [0.4, 0.5) is 10.1 Å². The number of nitrogens with zero attached hydrogens (tertiary/aromatic N) is 2. The average molecular weight is 455 g/mol. The molecule has 0 radical (unpaired) electrons. The molecule has 0 unspecified atom stereocenters. The summed E-state index contributed by atoms with van der Waals surface area (Å²) in [6.07, 6.45) is 0.645. The average Bonchev–Trinajstić information content (AvgIpc) is 2.72. The van der Waals surface area contributed by atoms with Gasteiger partial charge in [0, 0.05) is 44.8 Å². The zero-order valence-corrected chi connectivity index (χ0v) is 18.8. The van der Waals surface area contributed by atoms with E-state index in [0.717, 1.165) is 44.8 Å². The van der Waals surface area contributed by atoms with Gasteiger partial charge in [-0.15, -0.1) is 24.8 Å². The van der Waals surface area contributed by atoms with Crippen LogP contribution >= 0.6 is 24.8 Å². The summed E-state index contributed by atoms with van der Waals surface area (Å²) in [7, 11) is 2.15. The maximum absolute atomic E-state index is 14.7. The second kappa shape index (κ2) is 11.1. The van der Waals surface area contributed by atoms with E-state index in [1.165, 1.54) is 5.56 Å². The molecule has 164 valence electrons. The Kier molecular flexibility index (Phi) is 9.07. The smallest absolute Gasteiger partial charge is 0.255 e. The van der Waals surface area contributed by atoms with Crippen LogP contribution in [0.5, 0.6) is 0 Å². The van der Waals surface area contributed by atoms with Gasteiger partial charge in [-0.25, -0.2) is 4.39 Å². The number of hydrogen-bond acceptors (Lipinski definition) is 4. The second-order valence-electron chi connectivity index (χ2n) is 7.72. The number of rotatable bonds is 4. The fourth-order valence-corrected chi connectivity index (χ4v) is 3.85. The molecule has 0 atom stereocenters. The van der Waals surface area contributed by atoms with Gasteiger partial charge in [-0.1, -0.05) is 18.2 Å². The number of fused-ring (bicyclic) bond motifs is 1. The minimum Gasteiger partial charge on any atom is -0.319 e. The van der Waals surface area contributed by atoms with Crippen molar-refractivity contribution in [3.05, 3.63) is 64.5 Å². The van der Waals surface area contributed by atoms with Crippen molar-refractivity contribution >= 4 is 36.4 Å². The highest BCUT2D eigenvalue weighted by molar-refractivity contribution is 6.04. The van der Waals surface area contributed by atoms with Gasteiger partial charge in [-0.3, -0.25) is 9.69 Å². The molecule has 1 fully saturated rings. The van der Waals surface area contributed by atoms with Crippen molar-refractivity contribution in [3.8, 4) is 0 Å². The Morgan fingerprint density at radius 2 is 1.77 bits per heavy atom. The SMILES string of the molecule is CN1CCN(Cc2ccc(C(=O)Nc3ccc4c(c3F)CCNC4)cc2)CC1.Cl.Cl. The van der Waals surface area contributed by atoms with Crippen LogP contribution in [0, 0.1) is 5.82 Å². The van der Waals surface area contributed by atoms with Crippen molar-refractivity contribution in [3.63, 3.8) is 0 Å². The first-order chi connectivity index (χ1) is 13.6. The highest BCUT2D eigenvalue weighted by Crippen LogP contribution is 2.25. The van der Waals surface area contributed by atoms with E-state index in [9.17, 15) is 9.18 Å².